The minimum absolute atomic E-state index is 0.138. The number of ether oxygens (including phenoxy) is 1. The van der Waals surface area contributed by atoms with E-state index in [1.54, 1.807) is 25.2 Å². The number of rotatable bonds is 7. The van der Waals surface area contributed by atoms with Gasteiger partial charge in [0.2, 0.25) is 0 Å². The lowest BCUT2D eigenvalue weighted by Gasteiger charge is -2.25. The number of carbonyl (C=O) groups is 1. The van der Waals surface area contributed by atoms with Crippen molar-refractivity contribution in [3.05, 3.63) is 69.1 Å². The molecule has 0 bridgehead atoms. The second-order valence-corrected chi connectivity index (χ2v) is 9.05. The number of aromatic nitrogens is 1. The SMILES string of the molecule is CO.Cn1c(C(C=O)COC(C)(C)C)c(-c2ccc(CCF)cc2)c2cc(Cl)ccc2c1=O. The summed E-state index contributed by atoms with van der Waals surface area (Å²) in [5, 5.41) is 8.68. The molecule has 1 atom stereocenters. The Hall–Kier alpha value is -2.54. The molecule has 3 rings (SSSR count). The highest BCUT2D eigenvalue weighted by Gasteiger charge is 2.25. The molecule has 5 nitrogen and oxygen atoms in total. The molecule has 1 N–H and O–H groups in total. The van der Waals surface area contributed by atoms with Crippen molar-refractivity contribution in [3.8, 4) is 11.1 Å². The number of aryl methyl sites for hydroxylation is 1. The fraction of sp³-hybridized carbons (Fsp3) is 0.385. The number of hydrogen-bond donors (Lipinski definition) is 1. The van der Waals surface area contributed by atoms with E-state index in [0.29, 0.717) is 27.9 Å². The van der Waals surface area contributed by atoms with Crippen LogP contribution in [0.15, 0.2) is 47.3 Å². The van der Waals surface area contributed by atoms with Crippen LogP contribution in [-0.4, -0.2) is 42.0 Å². The molecule has 2 aromatic carbocycles. The van der Waals surface area contributed by atoms with Gasteiger partial charge in [-0.2, -0.15) is 0 Å². The molecule has 0 aliphatic carbocycles. The number of carbonyl (C=O) groups excluding carboxylic acids is 1. The molecule has 0 saturated heterocycles. The van der Waals surface area contributed by atoms with Gasteiger partial charge in [0.1, 0.15) is 6.29 Å². The summed E-state index contributed by atoms with van der Waals surface area (Å²) in [6.07, 6.45) is 1.15. The molecule has 0 aliphatic rings. The van der Waals surface area contributed by atoms with Crippen LogP contribution >= 0.6 is 11.6 Å². The van der Waals surface area contributed by atoms with Crippen molar-refractivity contribution < 1.29 is 19.0 Å². The zero-order chi connectivity index (χ0) is 24.8. The molecule has 3 aromatic rings. The number of nitrogens with zero attached hydrogens (tertiary/aromatic N) is 1. The number of fused-ring (bicyclic) bond motifs is 1. The van der Waals surface area contributed by atoms with Crippen LogP contribution in [-0.2, 0) is 23.0 Å². The molecular weight excluding hydrogens is 445 g/mol. The zero-order valence-electron chi connectivity index (χ0n) is 19.7. The normalized spacial score (nSPS) is 12.2. The largest absolute Gasteiger partial charge is 0.400 e. The van der Waals surface area contributed by atoms with Crippen LogP contribution < -0.4 is 5.56 Å². The first-order valence-corrected chi connectivity index (χ1v) is 11.1. The lowest BCUT2D eigenvalue weighted by molar-refractivity contribution is -0.112. The Morgan fingerprint density at radius 3 is 2.30 bits per heavy atom. The highest BCUT2D eigenvalue weighted by atomic mass is 35.5. The van der Waals surface area contributed by atoms with Gasteiger partial charge in [-0.05, 0) is 55.5 Å². The third kappa shape index (κ3) is 6.28. The van der Waals surface area contributed by atoms with Crippen LogP contribution in [0.3, 0.4) is 0 Å². The zero-order valence-corrected chi connectivity index (χ0v) is 20.4. The molecule has 178 valence electrons. The minimum atomic E-state index is -0.652. The van der Waals surface area contributed by atoms with Crippen molar-refractivity contribution in [1.29, 1.82) is 0 Å². The van der Waals surface area contributed by atoms with E-state index in [1.165, 1.54) is 4.57 Å². The average molecular weight is 476 g/mol. The van der Waals surface area contributed by atoms with Crippen LogP contribution in [0, 0.1) is 0 Å². The van der Waals surface area contributed by atoms with Gasteiger partial charge in [-0.15, -0.1) is 0 Å². The van der Waals surface area contributed by atoms with Crippen molar-refractivity contribution in [2.45, 2.75) is 38.7 Å². The Bertz CT molecular complexity index is 1150. The van der Waals surface area contributed by atoms with Gasteiger partial charge in [-0.25, -0.2) is 0 Å². The first-order chi connectivity index (χ1) is 15.7. The summed E-state index contributed by atoms with van der Waals surface area (Å²) in [6.45, 7) is 5.45. The van der Waals surface area contributed by atoms with E-state index in [4.69, 9.17) is 21.4 Å². The van der Waals surface area contributed by atoms with Gasteiger partial charge in [0, 0.05) is 42.2 Å². The van der Waals surface area contributed by atoms with Gasteiger partial charge in [-0.3, -0.25) is 9.18 Å². The molecule has 1 aromatic heterocycles. The van der Waals surface area contributed by atoms with Crippen LogP contribution in [0.1, 0.15) is 37.9 Å². The fourth-order valence-corrected chi connectivity index (χ4v) is 3.88. The third-order valence-corrected chi connectivity index (χ3v) is 5.48. The van der Waals surface area contributed by atoms with Gasteiger partial charge in [0.15, 0.2) is 0 Å². The topological polar surface area (TPSA) is 68.5 Å². The highest BCUT2D eigenvalue weighted by Crippen LogP contribution is 2.36. The minimum Gasteiger partial charge on any atom is -0.400 e. The van der Waals surface area contributed by atoms with E-state index in [2.05, 4.69) is 0 Å². The maximum atomic E-state index is 13.1. The Balaban J connectivity index is 0.00000187. The van der Waals surface area contributed by atoms with E-state index >= 15 is 0 Å². The molecule has 1 heterocycles. The number of aldehydes is 1. The quantitative estimate of drug-likeness (QED) is 0.484. The number of benzene rings is 2. The standard InChI is InChI=1S/C25H27ClFNO3.CH4O/c1-25(2,3)31-15-18(14-29)23-22(17-7-5-16(6-8-17)11-12-27)21-13-19(26)9-10-20(21)24(30)28(23)4;1-2/h5-10,13-14,18H,11-12,15H2,1-4H3;2H,1H3. The van der Waals surface area contributed by atoms with Crippen molar-refractivity contribution >= 4 is 28.7 Å². The molecule has 0 radical (unpaired) electrons. The summed E-state index contributed by atoms with van der Waals surface area (Å²) in [5.41, 5.74) is 2.38. The molecular formula is C26H31ClFNO4. The van der Waals surface area contributed by atoms with Crippen molar-refractivity contribution in [3.63, 3.8) is 0 Å². The predicted octanol–water partition coefficient (Wildman–Crippen LogP) is 5.08. The van der Waals surface area contributed by atoms with Gasteiger partial charge in [0.25, 0.3) is 5.56 Å². The Morgan fingerprint density at radius 2 is 1.76 bits per heavy atom. The monoisotopic (exact) mass is 475 g/mol. The molecule has 33 heavy (non-hydrogen) atoms. The van der Waals surface area contributed by atoms with Crippen LogP contribution in [0.25, 0.3) is 21.9 Å². The predicted molar refractivity (Wildman–Crippen MR) is 132 cm³/mol. The number of pyridine rings is 1. The molecule has 0 saturated carbocycles. The number of aliphatic hydroxyl groups is 1. The summed E-state index contributed by atoms with van der Waals surface area (Å²) in [7, 11) is 2.67. The average Bonchev–Trinajstić information content (AvgIpc) is 2.79. The van der Waals surface area contributed by atoms with Crippen LogP contribution in [0.2, 0.25) is 5.02 Å². The van der Waals surface area contributed by atoms with E-state index in [1.807, 2.05) is 45.0 Å². The number of hydrogen-bond acceptors (Lipinski definition) is 4. The van der Waals surface area contributed by atoms with E-state index in [-0.39, 0.29) is 12.2 Å². The van der Waals surface area contributed by atoms with Gasteiger partial charge < -0.3 is 19.2 Å². The number of halogens is 2. The van der Waals surface area contributed by atoms with Crippen LogP contribution in [0.4, 0.5) is 4.39 Å². The number of aliphatic hydroxyl groups excluding tert-OH is 1. The van der Waals surface area contributed by atoms with Gasteiger partial charge in [-0.1, -0.05) is 35.9 Å². The first kappa shape index (κ1) is 26.7. The summed E-state index contributed by atoms with van der Waals surface area (Å²) in [6, 6.07) is 12.6. The van der Waals surface area contributed by atoms with Crippen LogP contribution in [0.5, 0.6) is 0 Å². The highest BCUT2D eigenvalue weighted by molar-refractivity contribution is 6.31. The molecule has 0 amide bonds. The number of alkyl halides is 1. The molecule has 1 unspecified atom stereocenters. The molecule has 0 fully saturated rings. The first-order valence-electron chi connectivity index (χ1n) is 10.7. The van der Waals surface area contributed by atoms with Crippen molar-refractivity contribution in [2.24, 2.45) is 7.05 Å². The van der Waals surface area contributed by atoms with Crippen molar-refractivity contribution in [2.75, 3.05) is 20.4 Å². The third-order valence-electron chi connectivity index (χ3n) is 5.24. The maximum absolute atomic E-state index is 13.1. The summed E-state index contributed by atoms with van der Waals surface area (Å²) in [5.74, 6) is -0.652. The fourth-order valence-electron chi connectivity index (χ4n) is 3.71. The smallest absolute Gasteiger partial charge is 0.258 e. The van der Waals surface area contributed by atoms with E-state index in [9.17, 15) is 14.0 Å². The van der Waals surface area contributed by atoms with Gasteiger partial charge >= 0.3 is 0 Å². The summed E-state index contributed by atoms with van der Waals surface area (Å²) in [4.78, 5) is 25.3. The second-order valence-electron chi connectivity index (χ2n) is 8.62. The Labute approximate surface area is 198 Å². The van der Waals surface area contributed by atoms with E-state index < -0.39 is 18.2 Å². The molecule has 0 spiro atoms. The molecule has 7 heteroatoms. The van der Waals surface area contributed by atoms with E-state index in [0.717, 1.165) is 30.1 Å². The summed E-state index contributed by atoms with van der Waals surface area (Å²) < 4.78 is 20.2. The lowest BCUT2D eigenvalue weighted by Crippen LogP contribution is -2.29. The maximum Gasteiger partial charge on any atom is 0.258 e. The summed E-state index contributed by atoms with van der Waals surface area (Å²) >= 11 is 6.28. The second kappa shape index (κ2) is 11.5. The Morgan fingerprint density at radius 1 is 1.12 bits per heavy atom. The Kier molecular flexibility index (Phi) is 9.35. The lowest BCUT2D eigenvalue weighted by atomic mass is 9.91. The van der Waals surface area contributed by atoms with Crippen molar-refractivity contribution in [1.82, 2.24) is 4.57 Å². The van der Waals surface area contributed by atoms with Gasteiger partial charge in [0.05, 0.1) is 24.8 Å². The molecule has 0 aliphatic heterocycles.